The highest BCUT2D eigenvalue weighted by atomic mass is 16.5. The van der Waals surface area contributed by atoms with E-state index in [0.29, 0.717) is 19.7 Å². The van der Waals surface area contributed by atoms with Gasteiger partial charge in [0, 0.05) is 13.7 Å². The lowest BCUT2D eigenvalue weighted by Crippen LogP contribution is -2.36. The first-order valence-electron chi connectivity index (χ1n) is 6.61. The molecule has 19 heavy (non-hydrogen) atoms. The first kappa shape index (κ1) is 15.7. The third kappa shape index (κ3) is 5.01. The molecule has 0 spiro atoms. The van der Waals surface area contributed by atoms with Crippen LogP contribution in [0.1, 0.15) is 29.7 Å². The van der Waals surface area contributed by atoms with Crippen molar-refractivity contribution in [3.8, 4) is 0 Å². The van der Waals surface area contributed by atoms with Gasteiger partial charge in [-0.3, -0.25) is 4.79 Å². The van der Waals surface area contributed by atoms with Crippen LogP contribution in [-0.2, 0) is 9.53 Å². The minimum absolute atomic E-state index is 0.00418. The average molecular weight is 264 g/mol. The van der Waals surface area contributed by atoms with Gasteiger partial charge in [0.15, 0.2) is 0 Å². The molecule has 0 aliphatic rings. The summed E-state index contributed by atoms with van der Waals surface area (Å²) in [5.74, 6) is 0.00418. The molecule has 4 nitrogen and oxygen atoms in total. The van der Waals surface area contributed by atoms with Gasteiger partial charge in [-0.2, -0.15) is 0 Å². The summed E-state index contributed by atoms with van der Waals surface area (Å²) < 4.78 is 4.91. The standard InChI is InChI=1S/C15H24N2O2/c1-11-6-5-7-14(12(11)2)13(3)17-15(18)10-16-8-9-19-4/h5-7,13,16H,8-10H2,1-4H3,(H,17,18). The van der Waals surface area contributed by atoms with Gasteiger partial charge < -0.3 is 15.4 Å². The number of carbonyl (C=O) groups is 1. The first-order valence-corrected chi connectivity index (χ1v) is 6.61. The zero-order valence-electron chi connectivity index (χ0n) is 12.2. The minimum Gasteiger partial charge on any atom is -0.383 e. The number of benzene rings is 1. The number of nitrogens with one attached hydrogen (secondary N) is 2. The van der Waals surface area contributed by atoms with E-state index in [1.807, 2.05) is 13.0 Å². The van der Waals surface area contributed by atoms with Crippen molar-refractivity contribution >= 4 is 5.91 Å². The Morgan fingerprint density at radius 2 is 2.11 bits per heavy atom. The van der Waals surface area contributed by atoms with Crippen molar-refractivity contribution in [2.45, 2.75) is 26.8 Å². The lowest BCUT2D eigenvalue weighted by molar-refractivity contribution is -0.120. The predicted octanol–water partition coefficient (Wildman–Crippen LogP) is 1.72. The van der Waals surface area contributed by atoms with Crippen LogP contribution in [-0.4, -0.2) is 32.7 Å². The second-order valence-electron chi connectivity index (χ2n) is 4.75. The highest BCUT2D eigenvalue weighted by Crippen LogP contribution is 2.19. The van der Waals surface area contributed by atoms with Crippen LogP contribution in [0.15, 0.2) is 18.2 Å². The average Bonchev–Trinajstić information content (AvgIpc) is 2.38. The van der Waals surface area contributed by atoms with Crippen molar-refractivity contribution in [3.63, 3.8) is 0 Å². The lowest BCUT2D eigenvalue weighted by atomic mass is 9.98. The van der Waals surface area contributed by atoms with E-state index < -0.39 is 0 Å². The van der Waals surface area contributed by atoms with E-state index in [1.165, 1.54) is 16.7 Å². The molecule has 0 aliphatic heterocycles. The van der Waals surface area contributed by atoms with Crippen LogP contribution in [0.5, 0.6) is 0 Å². The molecule has 0 heterocycles. The molecule has 1 rings (SSSR count). The molecule has 0 fully saturated rings. The Balaban J connectivity index is 2.48. The molecule has 4 heteroatoms. The Hall–Kier alpha value is -1.39. The van der Waals surface area contributed by atoms with Gasteiger partial charge in [-0.15, -0.1) is 0 Å². The number of hydrogen-bond acceptors (Lipinski definition) is 3. The van der Waals surface area contributed by atoms with Crippen LogP contribution in [0.3, 0.4) is 0 Å². The number of rotatable bonds is 7. The summed E-state index contributed by atoms with van der Waals surface area (Å²) in [6, 6.07) is 6.19. The van der Waals surface area contributed by atoms with E-state index in [4.69, 9.17) is 4.74 Å². The Kier molecular flexibility index (Phi) is 6.53. The number of hydrogen-bond donors (Lipinski definition) is 2. The Morgan fingerprint density at radius 1 is 1.37 bits per heavy atom. The summed E-state index contributed by atoms with van der Waals surface area (Å²) in [5, 5.41) is 6.03. The first-order chi connectivity index (χ1) is 9.06. The molecule has 0 bridgehead atoms. The number of aryl methyl sites for hydroxylation is 1. The SMILES string of the molecule is COCCNCC(=O)NC(C)c1cccc(C)c1C. The highest BCUT2D eigenvalue weighted by molar-refractivity contribution is 5.78. The molecule has 2 N–H and O–H groups in total. The van der Waals surface area contributed by atoms with Crippen LogP contribution in [0, 0.1) is 13.8 Å². The minimum atomic E-state index is 0.00418. The van der Waals surface area contributed by atoms with Crippen LogP contribution in [0.4, 0.5) is 0 Å². The third-order valence-electron chi connectivity index (χ3n) is 3.26. The van der Waals surface area contributed by atoms with Gasteiger partial charge >= 0.3 is 0 Å². The van der Waals surface area contributed by atoms with Crippen LogP contribution in [0.2, 0.25) is 0 Å². The Morgan fingerprint density at radius 3 is 2.79 bits per heavy atom. The monoisotopic (exact) mass is 264 g/mol. The van der Waals surface area contributed by atoms with E-state index in [9.17, 15) is 4.79 Å². The normalized spacial score (nSPS) is 12.2. The molecule has 1 aromatic rings. The van der Waals surface area contributed by atoms with Crippen molar-refractivity contribution in [2.24, 2.45) is 0 Å². The number of ether oxygens (including phenoxy) is 1. The number of amides is 1. The maximum atomic E-state index is 11.8. The quantitative estimate of drug-likeness (QED) is 0.737. The van der Waals surface area contributed by atoms with E-state index in [0.717, 1.165) is 0 Å². The van der Waals surface area contributed by atoms with Crippen molar-refractivity contribution in [3.05, 3.63) is 34.9 Å². The fourth-order valence-corrected chi connectivity index (χ4v) is 1.99. The highest BCUT2D eigenvalue weighted by Gasteiger charge is 2.11. The fraction of sp³-hybridized carbons (Fsp3) is 0.533. The molecule has 0 saturated carbocycles. The summed E-state index contributed by atoms with van der Waals surface area (Å²) in [6.07, 6.45) is 0. The molecular weight excluding hydrogens is 240 g/mol. The molecule has 0 radical (unpaired) electrons. The molecule has 1 amide bonds. The van der Waals surface area contributed by atoms with Crippen molar-refractivity contribution in [1.82, 2.24) is 10.6 Å². The molecule has 1 unspecified atom stereocenters. The molecular formula is C15H24N2O2. The molecule has 1 atom stereocenters. The second kappa shape index (κ2) is 7.92. The number of methoxy groups -OCH3 is 1. The summed E-state index contributed by atoms with van der Waals surface area (Å²) in [5.41, 5.74) is 3.66. The smallest absolute Gasteiger partial charge is 0.234 e. The van der Waals surface area contributed by atoms with Crippen molar-refractivity contribution in [1.29, 1.82) is 0 Å². The maximum Gasteiger partial charge on any atom is 0.234 e. The maximum absolute atomic E-state index is 11.8. The van der Waals surface area contributed by atoms with Gasteiger partial charge in [-0.1, -0.05) is 18.2 Å². The number of carbonyl (C=O) groups excluding carboxylic acids is 1. The molecule has 0 aliphatic carbocycles. The third-order valence-corrected chi connectivity index (χ3v) is 3.26. The van der Waals surface area contributed by atoms with Gasteiger partial charge in [0.2, 0.25) is 5.91 Å². The molecule has 1 aromatic carbocycles. The predicted molar refractivity (Wildman–Crippen MR) is 77.2 cm³/mol. The van der Waals surface area contributed by atoms with Gasteiger partial charge in [0.1, 0.15) is 0 Å². The van der Waals surface area contributed by atoms with E-state index in [1.54, 1.807) is 7.11 Å². The summed E-state index contributed by atoms with van der Waals surface area (Å²) in [7, 11) is 1.64. The van der Waals surface area contributed by atoms with E-state index in [-0.39, 0.29) is 11.9 Å². The lowest BCUT2D eigenvalue weighted by Gasteiger charge is -2.18. The second-order valence-corrected chi connectivity index (χ2v) is 4.75. The van der Waals surface area contributed by atoms with Gasteiger partial charge in [0.05, 0.1) is 19.2 Å². The van der Waals surface area contributed by atoms with Crippen LogP contribution < -0.4 is 10.6 Å². The zero-order chi connectivity index (χ0) is 14.3. The largest absolute Gasteiger partial charge is 0.383 e. The Labute approximate surface area is 115 Å². The van der Waals surface area contributed by atoms with Gasteiger partial charge in [-0.05, 0) is 37.5 Å². The Bertz CT molecular complexity index is 419. The summed E-state index contributed by atoms with van der Waals surface area (Å²) in [4.78, 5) is 11.8. The summed E-state index contributed by atoms with van der Waals surface area (Å²) in [6.45, 7) is 7.79. The van der Waals surface area contributed by atoms with E-state index in [2.05, 4.69) is 36.6 Å². The van der Waals surface area contributed by atoms with Crippen LogP contribution in [0.25, 0.3) is 0 Å². The van der Waals surface area contributed by atoms with Crippen LogP contribution >= 0.6 is 0 Å². The summed E-state index contributed by atoms with van der Waals surface area (Å²) >= 11 is 0. The van der Waals surface area contributed by atoms with Gasteiger partial charge in [-0.25, -0.2) is 0 Å². The zero-order valence-corrected chi connectivity index (χ0v) is 12.2. The van der Waals surface area contributed by atoms with E-state index >= 15 is 0 Å². The fourth-order valence-electron chi connectivity index (χ4n) is 1.99. The molecule has 0 aromatic heterocycles. The van der Waals surface area contributed by atoms with Crippen molar-refractivity contribution < 1.29 is 9.53 Å². The topological polar surface area (TPSA) is 50.4 Å². The van der Waals surface area contributed by atoms with Gasteiger partial charge in [0.25, 0.3) is 0 Å². The molecule has 0 saturated heterocycles. The molecule has 106 valence electrons. The van der Waals surface area contributed by atoms with Crippen molar-refractivity contribution in [2.75, 3.05) is 26.8 Å².